The summed E-state index contributed by atoms with van der Waals surface area (Å²) in [6.07, 6.45) is 0.431. The maximum Gasteiger partial charge on any atom is 0.328 e. The number of hydrogen-bond acceptors (Lipinski definition) is 7. The molecule has 1 fully saturated rings. The van der Waals surface area contributed by atoms with Crippen LogP contribution in [0.5, 0.6) is 0 Å². The number of esters is 1. The first-order chi connectivity index (χ1) is 16.9. The molecule has 35 heavy (non-hydrogen) atoms. The predicted molar refractivity (Wildman–Crippen MR) is 136 cm³/mol. The number of carbonyl (C=O) groups is 2. The average Bonchev–Trinajstić information content (AvgIpc) is 2.87. The first-order valence-electron chi connectivity index (χ1n) is 12.1. The van der Waals surface area contributed by atoms with Gasteiger partial charge < -0.3 is 15.0 Å². The Balaban J connectivity index is 1.44. The van der Waals surface area contributed by atoms with E-state index in [4.69, 9.17) is 14.7 Å². The summed E-state index contributed by atoms with van der Waals surface area (Å²) in [5.74, 6) is 1.18. The second-order valence-corrected chi connectivity index (χ2v) is 9.21. The molecule has 1 aliphatic rings. The molecule has 1 saturated heterocycles. The monoisotopic (exact) mass is 475 g/mol. The van der Waals surface area contributed by atoms with Crippen molar-refractivity contribution in [2.45, 2.75) is 32.9 Å². The van der Waals surface area contributed by atoms with E-state index >= 15 is 0 Å². The highest BCUT2D eigenvalue weighted by atomic mass is 16.5. The highest BCUT2D eigenvalue weighted by Crippen LogP contribution is 2.23. The Morgan fingerprint density at radius 2 is 1.66 bits per heavy atom. The van der Waals surface area contributed by atoms with Gasteiger partial charge in [0.05, 0.1) is 25.6 Å². The molecule has 1 N–H and O–H groups in total. The van der Waals surface area contributed by atoms with Gasteiger partial charge in [-0.15, -0.1) is 0 Å². The fourth-order valence-electron chi connectivity index (χ4n) is 4.32. The third-order valence-corrected chi connectivity index (χ3v) is 6.35. The van der Waals surface area contributed by atoms with Crippen LogP contribution < -0.4 is 5.32 Å². The Bertz CT molecular complexity index is 1160. The van der Waals surface area contributed by atoms with Crippen molar-refractivity contribution in [2.75, 3.05) is 38.6 Å². The Labute approximate surface area is 206 Å². The SMILES string of the molecule is COC(=O)[C@@H](Nc1nc(CN2CCN(C(=O)Cc3ccccc3)CC2)nc2ccccc12)C(C)C. The van der Waals surface area contributed by atoms with Crippen molar-refractivity contribution in [3.63, 3.8) is 0 Å². The van der Waals surface area contributed by atoms with Gasteiger partial charge in [0.2, 0.25) is 5.91 Å². The number of hydrogen-bond donors (Lipinski definition) is 1. The molecule has 8 nitrogen and oxygen atoms in total. The molecule has 0 bridgehead atoms. The molecule has 4 rings (SSSR count). The van der Waals surface area contributed by atoms with Gasteiger partial charge in [-0.1, -0.05) is 56.3 Å². The van der Waals surface area contributed by atoms with E-state index < -0.39 is 6.04 Å². The number of nitrogens with one attached hydrogen (secondary N) is 1. The fraction of sp³-hybridized carbons (Fsp3) is 0.407. The molecule has 8 heteroatoms. The van der Waals surface area contributed by atoms with Gasteiger partial charge in [-0.25, -0.2) is 14.8 Å². The van der Waals surface area contributed by atoms with Crippen LogP contribution in [0.25, 0.3) is 10.9 Å². The number of rotatable bonds is 8. The number of ether oxygens (including phenoxy) is 1. The Kier molecular flexibility index (Phi) is 7.92. The second kappa shape index (κ2) is 11.3. The largest absolute Gasteiger partial charge is 0.467 e. The van der Waals surface area contributed by atoms with Crippen LogP contribution in [0.3, 0.4) is 0 Å². The maximum absolute atomic E-state index is 12.7. The lowest BCUT2D eigenvalue weighted by Crippen LogP contribution is -2.48. The van der Waals surface area contributed by atoms with Gasteiger partial charge in [0.25, 0.3) is 0 Å². The number of piperazine rings is 1. The molecular weight excluding hydrogens is 442 g/mol. The van der Waals surface area contributed by atoms with E-state index in [9.17, 15) is 9.59 Å². The van der Waals surface area contributed by atoms with Gasteiger partial charge in [-0.05, 0) is 23.6 Å². The number of methoxy groups -OCH3 is 1. The molecule has 2 aromatic carbocycles. The molecular formula is C27H33N5O3. The van der Waals surface area contributed by atoms with Crippen LogP contribution in [0.4, 0.5) is 5.82 Å². The van der Waals surface area contributed by atoms with Crippen LogP contribution in [0.15, 0.2) is 54.6 Å². The number of nitrogens with zero attached hydrogens (tertiary/aromatic N) is 4. The summed E-state index contributed by atoms with van der Waals surface area (Å²) in [6.45, 7) is 7.40. The Morgan fingerprint density at radius 3 is 2.34 bits per heavy atom. The van der Waals surface area contributed by atoms with Gasteiger partial charge in [-0.3, -0.25) is 9.69 Å². The number of aromatic nitrogens is 2. The van der Waals surface area contributed by atoms with Gasteiger partial charge >= 0.3 is 5.97 Å². The minimum absolute atomic E-state index is 0.0288. The van der Waals surface area contributed by atoms with Crippen molar-refractivity contribution in [1.82, 2.24) is 19.8 Å². The zero-order valence-electron chi connectivity index (χ0n) is 20.6. The number of fused-ring (bicyclic) bond motifs is 1. The van der Waals surface area contributed by atoms with Crippen molar-refractivity contribution in [1.29, 1.82) is 0 Å². The molecule has 0 saturated carbocycles. The van der Waals surface area contributed by atoms with Crippen molar-refractivity contribution < 1.29 is 14.3 Å². The third kappa shape index (κ3) is 6.14. The summed E-state index contributed by atoms with van der Waals surface area (Å²) in [7, 11) is 1.40. The minimum atomic E-state index is -0.509. The zero-order valence-corrected chi connectivity index (χ0v) is 20.6. The summed E-state index contributed by atoms with van der Waals surface area (Å²) in [5.41, 5.74) is 1.86. The molecule has 0 spiro atoms. The molecule has 2 heterocycles. The zero-order chi connectivity index (χ0) is 24.8. The summed E-state index contributed by atoms with van der Waals surface area (Å²) in [4.78, 5) is 38.8. The molecule has 3 aromatic rings. The average molecular weight is 476 g/mol. The number of benzene rings is 2. The molecule has 1 aromatic heterocycles. The van der Waals surface area contributed by atoms with Gasteiger partial charge in [0.15, 0.2) is 0 Å². The lowest BCUT2D eigenvalue weighted by Gasteiger charge is -2.34. The summed E-state index contributed by atoms with van der Waals surface area (Å²) in [5, 5.41) is 4.16. The number of para-hydroxylation sites is 1. The van der Waals surface area contributed by atoms with Crippen LogP contribution in [-0.2, 0) is 27.3 Å². The van der Waals surface area contributed by atoms with Crippen LogP contribution in [0.1, 0.15) is 25.2 Å². The van der Waals surface area contributed by atoms with Crippen molar-refractivity contribution in [2.24, 2.45) is 5.92 Å². The number of carbonyl (C=O) groups excluding carboxylic acids is 2. The highest BCUT2D eigenvalue weighted by Gasteiger charge is 2.25. The lowest BCUT2D eigenvalue weighted by atomic mass is 10.0. The van der Waals surface area contributed by atoms with Crippen LogP contribution in [0.2, 0.25) is 0 Å². The molecule has 0 radical (unpaired) electrons. The molecule has 184 valence electrons. The van der Waals surface area contributed by atoms with Gasteiger partial charge in [-0.2, -0.15) is 0 Å². The quantitative estimate of drug-likeness (QED) is 0.501. The van der Waals surface area contributed by atoms with Crippen molar-refractivity contribution in [3.05, 3.63) is 66.0 Å². The topological polar surface area (TPSA) is 87.7 Å². The van der Waals surface area contributed by atoms with E-state index in [0.29, 0.717) is 37.7 Å². The van der Waals surface area contributed by atoms with E-state index in [1.165, 1.54) is 7.11 Å². The molecule has 1 amide bonds. The van der Waals surface area contributed by atoms with E-state index in [-0.39, 0.29) is 17.8 Å². The van der Waals surface area contributed by atoms with Crippen LogP contribution in [0, 0.1) is 5.92 Å². The smallest absolute Gasteiger partial charge is 0.328 e. The Morgan fingerprint density at radius 1 is 0.971 bits per heavy atom. The molecule has 1 atom stereocenters. The number of anilines is 1. The fourth-order valence-corrected chi connectivity index (χ4v) is 4.32. The molecule has 0 aliphatic carbocycles. The maximum atomic E-state index is 12.7. The summed E-state index contributed by atoms with van der Waals surface area (Å²) in [6, 6.07) is 17.1. The first-order valence-corrected chi connectivity index (χ1v) is 12.1. The minimum Gasteiger partial charge on any atom is -0.467 e. The molecule has 0 unspecified atom stereocenters. The van der Waals surface area contributed by atoms with Crippen LogP contribution >= 0.6 is 0 Å². The normalized spacial score (nSPS) is 15.3. The lowest BCUT2D eigenvalue weighted by molar-refractivity contribution is -0.142. The van der Waals surface area contributed by atoms with Crippen molar-refractivity contribution in [3.8, 4) is 0 Å². The van der Waals surface area contributed by atoms with E-state index in [1.807, 2.05) is 73.3 Å². The Hall–Kier alpha value is -3.52. The van der Waals surface area contributed by atoms with E-state index in [2.05, 4.69) is 10.2 Å². The van der Waals surface area contributed by atoms with Gasteiger partial charge in [0, 0.05) is 31.6 Å². The first kappa shape index (κ1) is 24.6. The van der Waals surface area contributed by atoms with E-state index in [0.717, 1.165) is 29.6 Å². The predicted octanol–water partition coefficient (Wildman–Crippen LogP) is 3.13. The third-order valence-electron chi connectivity index (χ3n) is 6.35. The second-order valence-electron chi connectivity index (χ2n) is 9.21. The summed E-state index contributed by atoms with van der Waals surface area (Å²) >= 11 is 0. The molecule has 1 aliphatic heterocycles. The van der Waals surface area contributed by atoms with E-state index in [1.54, 1.807) is 0 Å². The van der Waals surface area contributed by atoms with Crippen LogP contribution in [-0.4, -0.2) is 71.0 Å². The summed E-state index contributed by atoms with van der Waals surface area (Å²) < 4.78 is 4.99. The number of amides is 1. The van der Waals surface area contributed by atoms with Gasteiger partial charge in [0.1, 0.15) is 17.7 Å². The standard InChI is InChI=1S/C27H33N5O3/c1-19(2)25(27(34)35-3)30-26-21-11-7-8-12-22(21)28-23(29-26)18-31-13-15-32(16-14-31)24(33)17-20-9-5-4-6-10-20/h4-12,19,25H,13-18H2,1-3H3,(H,28,29,30)/t25-/m0/s1. The van der Waals surface area contributed by atoms with Crippen molar-refractivity contribution >= 4 is 28.6 Å². The highest BCUT2D eigenvalue weighted by molar-refractivity contribution is 5.91.